The van der Waals surface area contributed by atoms with Gasteiger partial charge in [0, 0.05) is 32.9 Å². The zero-order valence-corrected chi connectivity index (χ0v) is 17.7. The van der Waals surface area contributed by atoms with Crippen LogP contribution >= 0.6 is 0 Å². The highest BCUT2D eigenvalue weighted by atomic mass is 16.1. The minimum atomic E-state index is -1.37. The van der Waals surface area contributed by atoms with Crippen LogP contribution in [0.1, 0.15) is 27.4 Å². The fourth-order valence-electron chi connectivity index (χ4n) is 4.15. The lowest BCUT2D eigenvalue weighted by molar-refractivity contribution is 1.25. The second-order valence-electron chi connectivity index (χ2n) is 7.42. The first-order chi connectivity index (χ1) is 26.0. The number of nitrogens with zero attached hydrogens (tertiary/aromatic N) is 2. The van der Waals surface area contributed by atoms with Crippen LogP contribution in [-0.2, 0) is 0 Å². The van der Waals surface area contributed by atoms with E-state index < -0.39 is 187 Å². The molecule has 0 amide bonds. The van der Waals surface area contributed by atoms with E-state index in [4.69, 9.17) is 26.0 Å². The molecule has 0 radical (unpaired) electrons. The van der Waals surface area contributed by atoms with Crippen LogP contribution in [0.4, 0.5) is 17.1 Å². The highest BCUT2D eigenvalue weighted by Gasteiger charge is 2.22. The van der Waals surface area contributed by atoms with E-state index in [0.717, 1.165) is 0 Å². The molecule has 4 nitrogen and oxygen atoms in total. The highest BCUT2D eigenvalue weighted by molar-refractivity contribution is 6.10. The molecular formula is C32H20N2O2. The third kappa shape index (κ3) is 2.82. The van der Waals surface area contributed by atoms with Crippen molar-refractivity contribution in [3.63, 3.8) is 0 Å². The molecule has 0 N–H and O–H groups in total. The monoisotopic (exact) mass is 484 g/mol. The summed E-state index contributed by atoms with van der Waals surface area (Å²) in [6, 6.07) is -20.4. The number of rotatable bonds is 3. The van der Waals surface area contributed by atoms with Crippen molar-refractivity contribution in [3.05, 3.63) is 141 Å². The molecular weight excluding hydrogens is 444 g/mol. The van der Waals surface area contributed by atoms with Gasteiger partial charge in [-0.3, -0.25) is 9.59 Å². The molecule has 0 saturated carbocycles. The van der Waals surface area contributed by atoms with Gasteiger partial charge in [0.1, 0.15) is 0 Å². The number of hydrogen-bond donors (Lipinski definition) is 0. The number of aromatic nitrogens is 1. The van der Waals surface area contributed by atoms with E-state index in [1.54, 1.807) is 0 Å². The fourth-order valence-corrected chi connectivity index (χ4v) is 4.15. The topological polar surface area (TPSA) is 41.8 Å². The molecule has 0 bridgehead atoms. The van der Waals surface area contributed by atoms with Crippen LogP contribution in [0.15, 0.2) is 130 Å². The summed E-state index contributed by atoms with van der Waals surface area (Å²) < 4.78 is 174. The van der Waals surface area contributed by atoms with Gasteiger partial charge >= 0.3 is 0 Å². The minimum Gasteiger partial charge on any atom is -0.308 e. The molecule has 0 aliphatic carbocycles. The lowest BCUT2D eigenvalue weighted by atomic mass is 10.0. The van der Waals surface area contributed by atoms with Crippen molar-refractivity contribution in [1.29, 1.82) is 0 Å². The molecule has 0 aliphatic rings. The van der Waals surface area contributed by atoms with Gasteiger partial charge in [-0.15, -0.1) is 0 Å². The molecule has 7 aromatic rings. The predicted molar refractivity (Wildman–Crippen MR) is 148 cm³/mol. The first kappa shape index (κ1) is 8.61. The largest absolute Gasteiger partial charge is 0.308 e. The molecule has 2 heterocycles. The van der Waals surface area contributed by atoms with Crippen molar-refractivity contribution in [3.8, 4) is 0 Å². The van der Waals surface area contributed by atoms with Gasteiger partial charge in [0.25, 0.3) is 0 Å². The van der Waals surface area contributed by atoms with Crippen molar-refractivity contribution >= 4 is 55.2 Å². The molecule has 4 heteroatoms. The first-order valence-corrected chi connectivity index (χ1v) is 10.2. The van der Waals surface area contributed by atoms with E-state index in [2.05, 4.69) is 0 Å². The van der Waals surface area contributed by atoms with Crippen LogP contribution in [-0.4, -0.2) is 4.40 Å². The molecule has 0 unspecified atom stereocenters. The van der Waals surface area contributed by atoms with E-state index in [-0.39, 0.29) is 0 Å². The van der Waals surface area contributed by atoms with Crippen molar-refractivity contribution in [2.45, 2.75) is 0 Å². The molecule has 36 heavy (non-hydrogen) atoms. The molecule has 0 aliphatic heterocycles. The Hall–Kier alpha value is -4.96. The van der Waals surface area contributed by atoms with Gasteiger partial charge < -0.3 is 9.30 Å². The molecule has 0 spiro atoms. The molecule has 5 aromatic carbocycles. The second-order valence-corrected chi connectivity index (χ2v) is 7.42. The summed E-state index contributed by atoms with van der Waals surface area (Å²) in [6.45, 7) is 0. The summed E-state index contributed by atoms with van der Waals surface area (Å²) in [7, 11) is 0. The molecule has 170 valence electrons. The quantitative estimate of drug-likeness (QED) is 0.200. The molecule has 7 rings (SSSR count). The summed E-state index contributed by atoms with van der Waals surface area (Å²) in [5.74, 6) is 0. The van der Waals surface area contributed by atoms with Crippen molar-refractivity contribution in [2.24, 2.45) is 0 Å². The number of para-hydroxylation sites is 5. The maximum Gasteiger partial charge on any atom is 0.197 e. The van der Waals surface area contributed by atoms with Crippen LogP contribution in [0, 0.1) is 0 Å². The van der Waals surface area contributed by atoms with Gasteiger partial charge in [0.05, 0.1) is 49.7 Å². The van der Waals surface area contributed by atoms with E-state index >= 15 is 0 Å². The lowest BCUT2D eigenvalue weighted by Crippen LogP contribution is -2.17. The number of anilines is 3. The van der Waals surface area contributed by atoms with E-state index in [1.807, 2.05) is 0 Å². The predicted octanol–water partition coefficient (Wildman–Crippen LogP) is 7.03. The van der Waals surface area contributed by atoms with Crippen LogP contribution in [0.2, 0.25) is 0 Å². The fraction of sp³-hybridized carbons (Fsp3) is 0. The van der Waals surface area contributed by atoms with E-state index in [9.17, 15) is 11.0 Å². The van der Waals surface area contributed by atoms with E-state index in [1.165, 1.54) is 0 Å². The van der Waals surface area contributed by atoms with Crippen molar-refractivity contribution < 1.29 is 27.4 Å². The molecule has 2 aromatic heterocycles. The van der Waals surface area contributed by atoms with Gasteiger partial charge in [-0.1, -0.05) is 60.4 Å². The zero-order valence-electron chi connectivity index (χ0n) is 37.7. The zero-order chi connectivity index (χ0) is 41.6. The maximum absolute atomic E-state index is 14.7. The number of hydrogen-bond acceptors (Lipinski definition) is 3. The second kappa shape index (κ2) is 7.79. The summed E-state index contributed by atoms with van der Waals surface area (Å²) in [4.78, 5) is 29.3. The molecule has 0 saturated heterocycles. The van der Waals surface area contributed by atoms with Crippen LogP contribution in [0.5, 0.6) is 0 Å². The summed E-state index contributed by atoms with van der Waals surface area (Å²) in [5, 5.41) is -3.43. The number of fused-ring (bicyclic) bond motifs is 4. The van der Waals surface area contributed by atoms with Gasteiger partial charge in [-0.2, -0.15) is 0 Å². The Labute approximate surface area is 234 Å². The maximum atomic E-state index is 14.7. The lowest BCUT2D eigenvalue weighted by Gasteiger charge is -2.27. The van der Waals surface area contributed by atoms with Crippen LogP contribution in [0.3, 0.4) is 0 Å². The molecule has 0 atom stereocenters. The Morgan fingerprint density at radius 3 is 1.61 bits per heavy atom. The first-order valence-electron chi connectivity index (χ1n) is 20.2. The Balaban J connectivity index is 2.00. The summed E-state index contributed by atoms with van der Waals surface area (Å²) in [5.41, 5.74) is -8.01. The van der Waals surface area contributed by atoms with Crippen molar-refractivity contribution in [2.75, 3.05) is 4.90 Å². The van der Waals surface area contributed by atoms with Crippen LogP contribution in [0.25, 0.3) is 38.1 Å². The standard InChI is InChI=1S/C32H20N2O2/c35-31-23-15-7-8-19-27(23)34-29-24(31)16-9-17-25(29)32(36)26-18-10-20-28(30(26)34)33(21-11-3-1-4-12-21)22-13-5-2-6-14-22/h1-20H/i1D,2D,3D,4D,5D,6D,7D,8D,9D,10D,11D,12D,13D,14D,15D,16D,17D,18D,19D,20D. The highest BCUT2D eigenvalue weighted by Crippen LogP contribution is 2.39. The summed E-state index contributed by atoms with van der Waals surface area (Å²) >= 11 is 0. The smallest absolute Gasteiger partial charge is 0.197 e. The van der Waals surface area contributed by atoms with Gasteiger partial charge in [0.15, 0.2) is 10.9 Å². The number of pyridine rings is 2. The summed E-state index contributed by atoms with van der Waals surface area (Å²) in [6.07, 6.45) is 0. The Morgan fingerprint density at radius 2 is 0.972 bits per heavy atom. The number of benzene rings is 5. The minimum absolute atomic E-state index is 0.431. The molecule has 0 fully saturated rings. The average Bonchev–Trinajstić information content (AvgIpc) is 3.16. The normalized spacial score (nSPS) is 19.3. The Bertz CT molecular complexity index is 3000. The third-order valence-electron chi connectivity index (χ3n) is 5.57. The van der Waals surface area contributed by atoms with Crippen molar-refractivity contribution in [1.82, 2.24) is 4.40 Å². The Kier molecular flexibility index (Phi) is 1.86. The Morgan fingerprint density at radius 1 is 0.500 bits per heavy atom. The average molecular weight is 485 g/mol. The van der Waals surface area contributed by atoms with E-state index in [0.29, 0.717) is 9.30 Å². The van der Waals surface area contributed by atoms with Gasteiger partial charge in [-0.05, 0) is 60.4 Å². The van der Waals surface area contributed by atoms with Gasteiger partial charge in [0.2, 0.25) is 0 Å². The SMILES string of the molecule is [2H]c1c([2H])c([2H])c(N(c2c([2H])c([2H])c([2H])c([2H])c2[2H])c2c([2H])c([2H])c([2H])c3c(=O)c4c([2H])c([2H])c([2H])c5c(=O)c6c([2H])c([2H])c([2H])c([2H])c6n(c23)c54)c([2H])c1[2H]. The van der Waals surface area contributed by atoms with Crippen LogP contribution < -0.4 is 15.8 Å². The third-order valence-corrected chi connectivity index (χ3v) is 5.57. The van der Waals surface area contributed by atoms with Gasteiger partial charge in [-0.25, -0.2) is 0 Å².